The van der Waals surface area contributed by atoms with Crippen molar-refractivity contribution < 1.29 is 28.3 Å². The number of ketones is 1. The molecule has 0 fully saturated rings. The van der Waals surface area contributed by atoms with Crippen LogP contribution in [0.5, 0.6) is 0 Å². The number of benzene rings is 1. The Hall–Kier alpha value is -2.31. The third-order valence-electron chi connectivity index (χ3n) is 3.06. The summed E-state index contributed by atoms with van der Waals surface area (Å²) >= 11 is 0. The number of carboxylic acids is 1. The summed E-state index contributed by atoms with van der Waals surface area (Å²) in [6.45, 7) is 3.27. The molecule has 1 aromatic carbocycles. The minimum atomic E-state index is -1.17. The Morgan fingerprint density at radius 1 is 1.18 bits per heavy atom. The number of hydrogen-bond acceptors (Lipinski definition) is 3. The van der Waals surface area contributed by atoms with Gasteiger partial charge in [-0.05, 0) is 18.1 Å². The molecule has 0 saturated carbocycles. The Morgan fingerprint density at radius 2 is 1.82 bits per heavy atom. The molecule has 2 N–H and O–H groups in total. The zero-order valence-corrected chi connectivity index (χ0v) is 12.2. The van der Waals surface area contributed by atoms with Crippen molar-refractivity contribution >= 4 is 17.7 Å². The Bertz CT molecular complexity index is 587. The number of amides is 1. The van der Waals surface area contributed by atoms with Gasteiger partial charge in [-0.1, -0.05) is 13.8 Å². The number of rotatable bonds is 7. The fraction of sp³-hybridized carbons (Fsp3) is 0.400. The summed E-state index contributed by atoms with van der Waals surface area (Å²) in [5, 5.41) is 11.2. The van der Waals surface area contributed by atoms with E-state index in [-0.39, 0.29) is 24.3 Å². The van der Waals surface area contributed by atoms with Crippen LogP contribution < -0.4 is 5.32 Å². The van der Waals surface area contributed by atoms with E-state index < -0.39 is 35.3 Å². The van der Waals surface area contributed by atoms with E-state index in [1.54, 1.807) is 13.8 Å². The van der Waals surface area contributed by atoms with E-state index in [9.17, 15) is 23.2 Å². The summed E-state index contributed by atoms with van der Waals surface area (Å²) < 4.78 is 26.2. The Kier molecular flexibility index (Phi) is 6.15. The first kappa shape index (κ1) is 17.7. The van der Waals surface area contributed by atoms with Crippen molar-refractivity contribution in [2.75, 3.05) is 0 Å². The Morgan fingerprint density at radius 3 is 2.32 bits per heavy atom. The third kappa shape index (κ3) is 4.91. The van der Waals surface area contributed by atoms with Gasteiger partial charge < -0.3 is 10.4 Å². The lowest BCUT2D eigenvalue weighted by Crippen LogP contribution is -2.44. The van der Waals surface area contributed by atoms with Crippen LogP contribution >= 0.6 is 0 Å². The van der Waals surface area contributed by atoms with Crippen molar-refractivity contribution in [2.24, 2.45) is 5.92 Å². The van der Waals surface area contributed by atoms with Gasteiger partial charge in [-0.3, -0.25) is 9.59 Å². The number of carbonyl (C=O) groups excluding carboxylic acids is 2. The van der Waals surface area contributed by atoms with Crippen LogP contribution in [0, 0.1) is 17.6 Å². The molecule has 0 spiro atoms. The van der Waals surface area contributed by atoms with E-state index in [4.69, 9.17) is 5.11 Å². The quantitative estimate of drug-likeness (QED) is 0.756. The van der Waals surface area contributed by atoms with Gasteiger partial charge in [0.25, 0.3) is 0 Å². The second-order valence-electron chi connectivity index (χ2n) is 5.17. The molecule has 0 aromatic heterocycles. The van der Waals surface area contributed by atoms with Crippen LogP contribution in [0.4, 0.5) is 8.78 Å². The molecule has 0 bridgehead atoms. The van der Waals surface area contributed by atoms with E-state index in [1.165, 1.54) is 0 Å². The van der Waals surface area contributed by atoms with Crippen molar-refractivity contribution in [2.45, 2.75) is 32.7 Å². The maximum Gasteiger partial charge on any atom is 0.326 e. The number of Topliss-reactive ketones (excluding diaryl/α,β-unsaturated/α-hetero) is 1. The van der Waals surface area contributed by atoms with Crippen LogP contribution in [-0.2, 0) is 9.59 Å². The molecular weight excluding hydrogens is 296 g/mol. The van der Waals surface area contributed by atoms with Gasteiger partial charge in [-0.15, -0.1) is 0 Å². The topological polar surface area (TPSA) is 83.5 Å². The van der Waals surface area contributed by atoms with Crippen LogP contribution in [0.1, 0.15) is 37.0 Å². The SMILES string of the molecule is CC(C)[C@H](NC(=O)CCC(=O)c1ccc(F)cc1F)C(=O)O. The molecule has 0 heterocycles. The number of aliphatic carboxylic acids is 1. The molecule has 0 saturated heterocycles. The van der Waals surface area contributed by atoms with Gasteiger partial charge in [0, 0.05) is 18.9 Å². The lowest BCUT2D eigenvalue weighted by atomic mass is 10.0. The maximum atomic E-state index is 13.4. The van der Waals surface area contributed by atoms with Gasteiger partial charge in [0.2, 0.25) is 5.91 Å². The molecule has 22 heavy (non-hydrogen) atoms. The average Bonchev–Trinajstić information content (AvgIpc) is 2.41. The lowest BCUT2D eigenvalue weighted by molar-refractivity contribution is -0.143. The summed E-state index contributed by atoms with van der Waals surface area (Å²) in [5.74, 6) is -4.53. The highest BCUT2D eigenvalue weighted by atomic mass is 19.1. The van der Waals surface area contributed by atoms with Crippen molar-refractivity contribution in [1.82, 2.24) is 5.32 Å². The largest absolute Gasteiger partial charge is 0.480 e. The number of nitrogens with one attached hydrogen (secondary N) is 1. The third-order valence-corrected chi connectivity index (χ3v) is 3.06. The molecule has 0 aliphatic carbocycles. The van der Waals surface area contributed by atoms with Crippen molar-refractivity contribution in [3.8, 4) is 0 Å². The molecule has 1 amide bonds. The normalized spacial score (nSPS) is 12.0. The second kappa shape index (κ2) is 7.63. The number of carbonyl (C=O) groups is 3. The van der Waals surface area contributed by atoms with Crippen LogP contribution in [0.15, 0.2) is 18.2 Å². The summed E-state index contributed by atoms with van der Waals surface area (Å²) in [4.78, 5) is 34.4. The summed E-state index contributed by atoms with van der Waals surface area (Å²) in [6, 6.07) is 1.51. The van der Waals surface area contributed by atoms with E-state index in [0.29, 0.717) is 6.07 Å². The maximum absolute atomic E-state index is 13.4. The molecule has 120 valence electrons. The molecule has 0 aliphatic rings. The van der Waals surface area contributed by atoms with Crippen LogP contribution in [0.25, 0.3) is 0 Å². The van der Waals surface area contributed by atoms with E-state index in [2.05, 4.69) is 5.32 Å². The van der Waals surface area contributed by atoms with Gasteiger partial charge in [0.05, 0.1) is 5.56 Å². The number of carboxylic acid groups (broad SMARTS) is 1. The van der Waals surface area contributed by atoms with Crippen molar-refractivity contribution in [3.63, 3.8) is 0 Å². The van der Waals surface area contributed by atoms with E-state index in [1.807, 2.05) is 0 Å². The molecule has 0 unspecified atom stereocenters. The molecule has 1 atom stereocenters. The lowest BCUT2D eigenvalue weighted by Gasteiger charge is -2.17. The van der Waals surface area contributed by atoms with Gasteiger partial charge in [-0.2, -0.15) is 0 Å². The van der Waals surface area contributed by atoms with Gasteiger partial charge in [0.1, 0.15) is 17.7 Å². The van der Waals surface area contributed by atoms with Crippen molar-refractivity contribution in [3.05, 3.63) is 35.4 Å². The molecular formula is C15H17F2NO4. The standard InChI is InChI=1S/C15H17F2NO4/c1-8(2)14(15(21)22)18-13(20)6-5-12(19)10-4-3-9(16)7-11(10)17/h3-4,7-8,14H,5-6H2,1-2H3,(H,18,20)(H,21,22)/t14-/m0/s1. The smallest absolute Gasteiger partial charge is 0.326 e. The zero-order chi connectivity index (χ0) is 16.9. The Balaban J connectivity index is 2.60. The minimum absolute atomic E-state index is 0.272. The van der Waals surface area contributed by atoms with Gasteiger partial charge in [0.15, 0.2) is 5.78 Å². The second-order valence-corrected chi connectivity index (χ2v) is 5.17. The molecule has 0 radical (unpaired) electrons. The van der Waals surface area contributed by atoms with E-state index in [0.717, 1.165) is 12.1 Å². The first-order valence-electron chi connectivity index (χ1n) is 6.72. The minimum Gasteiger partial charge on any atom is -0.480 e. The summed E-state index contributed by atoms with van der Waals surface area (Å²) in [7, 11) is 0. The zero-order valence-electron chi connectivity index (χ0n) is 12.2. The fourth-order valence-electron chi connectivity index (χ4n) is 1.84. The van der Waals surface area contributed by atoms with Crippen LogP contribution in [0.3, 0.4) is 0 Å². The molecule has 1 aromatic rings. The predicted molar refractivity (Wildman–Crippen MR) is 74.3 cm³/mol. The fourth-order valence-corrected chi connectivity index (χ4v) is 1.84. The van der Waals surface area contributed by atoms with Crippen LogP contribution in [-0.4, -0.2) is 28.8 Å². The summed E-state index contributed by atoms with van der Waals surface area (Å²) in [5.41, 5.74) is -0.298. The molecule has 0 aliphatic heterocycles. The highest BCUT2D eigenvalue weighted by molar-refractivity contribution is 5.98. The summed E-state index contributed by atoms with van der Waals surface area (Å²) in [6.07, 6.45) is -0.565. The van der Waals surface area contributed by atoms with E-state index >= 15 is 0 Å². The highest BCUT2D eigenvalue weighted by Gasteiger charge is 2.23. The van der Waals surface area contributed by atoms with Crippen LogP contribution in [0.2, 0.25) is 0 Å². The van der Waals surface area contributed by atoms with Gasteiger partial charge >= 0.3 is 5.97 Å². The highest BCUT2D eigenvalue weighted by Crippen LogP contribution is 2.13. The monoisotopic (exact) mass is 313 g/mol. The molecule has 5 nitrogen and oxygen atoms in total. The first-order valence-corrected chi connectivity index (χ1v) is 6.72. The predicted octanol–water partition coefficient (Wildman–Crippen LogP) is 2.15. The molecule has 7 heteroatoms. The number of halogens is 2. The first-order chi connectivity index (χ1) is 10.2. The van der Waals surface area contributed by atoms with Gasteiger partial charge in [-0.25, -0.2) is 13.6 Å². The average molecular weight is 313 g/mol. The van der Waals surface area contributed by atoms with Crippen molar-refractivity contribution in [1.29, 1.82) is 0 Å². The number of hydrogen-bond donors (Lipinski definition) is 2. The molecule has 1 rings (SSSR count). The Labute approximate surface area is 126 Å².